The third kappa shape index (κ3) is 12.7. The first-order valence-electron chi connectivity index (χ1n) is 7.92. The van der Waals surface area contributed by atoms with Crippen molar-refractivity contribution in [2.24, 2.45) is 5.73 Å². The molecule has 0 atom stereocenters. The molecule has 0 spiro atoms. The van der Waals surface area contributed by atoms with Gasteiger partial charge in [0.15, 0.2) is 0 Å². The second kappa shape index (κ2) is 11.0. The summed E-state index contributed by atoms with van der Waals surface area (Å²) in [6.45, 7) is 4.81. The van der Waals surface area contributed by atoms with Gasteiger partial charge in [-0.3, -0.25) is 4.79 Å². The molecule has 1 aliphatic heterocycles. The van der Waals surface area contributed by atoms with Gasteiger partial charge >= 0.3 is 11.9 Å². The molecule has 0 unspecified atom stereocenters. The molecule has 1 amide bonds. The van der Waals surface area contributed by atoms with E-state index in [2.05, 4.69) is 4.84 Å². The van der Waals surface area contributed by atoms with E-state index in [4.69, 9.17) is 15.9 Å². The highest BCUT2D eigenvalue weighted by atomic mass is 17.0. The molecule has 0 aliphatic carbocycles. The number of carboxylic acid groups (broad SMARTS) is 2. The molecule has 1 saturated heterocycles. The number of carbonyl (C=O) groups excluding carboxylic acids is 1. The smallest absolute Gasteiger partial charge is 0.328 e. The van der Waals surface area contributed by atoms with Crippen molar-refractivity contribution in [3.8, 4) is 0 Å². The Hall–Kier alpha value is -2.69. The van der Waals surface area contributed by atoms with Gasteiger partial charge in [-0.1, -0.05) is 0 Å². The summed E-state index contributed by atoms with van der Waals surface area (Å²) in [7, 11) is 0. The predicted octanol–water partition coefficient (Wildman–Crippen LogP) is 0.415. The van der Waals surface area contributed by atoms with Gasteiger partial charge in [-0.2, -0.15) is 0 Å². The number of aliphatic carboxylic acids is 2. The maximum Gasteiger partial charge on any atom is 0.328 e. The van der Waals surface area contributed by atoms with Gasteiger partial charge in [0.05, 0.1) is 0 Å². The van der Waals surface area contributed by atoms with Gasteiger partial charge in [-0.05, 0) is 33.1 Å². The second-order valence-electron chi connectivity index (χ2n) is 6.41. The highest BCUT2D eigenvalue weighted by Crippen LogP contribution is 2.16. The molecular formula is C15H25N3O8. The summed E-state index contributed by atoms with van der Waals surface area (Å²) in [5.41, 5.74) is 5.48. The Balaban J connectivity index is 0.000000660. The van der Waals surface area contributed by atoms with Crippen LogP contribution in [0.1, 0.15) is 39.5 Å². The lowest BCUT2D eigenvalue weighted by atomic mass is 9.99. The van der Waals surface area contributed by atoms with Crippen LogP contribution in [-0.4, -0.2) is 62.8 Å². The Morgan fingerprint density at radius 2 is 1.69 bits per heavy atom. The first-order valence-corrected chi connectivity index (χ1v) is 7.92. The molecule has 1 fully saturated rings. The molecule has 1 heterocycles. The van der Waals surface area contributed by atoms with E-state index in [0.717, 1.165) is 0 Å². The van der Waals surface area contributed by atoms with E-state index >= 15 is 0 Å². The highest BCUT2D eigenvalue weighted by molar-refractivity contribution is 5.89. The minimum absolute atomic E-state index is 0.0630. The van der Waals surface area contributed by atoms with Crippen molar-refractivity contribution in [2.45, 2.75) is 51.2 Å². The van der Waals surface area contributed by atoms with Crippen molar-refractivity contribution in [1.82, 2.24) is 4.90 Å². The van der Waals surface area contributed by atoms with Crippen LogP contribution in [0.15, 0.2) is 12.2 Å². The van der Waals surface area contributed by atoms with Gasteiger partial charge in [-0.15, -0.1) is 10.1 Å². The topological polar surface area (TPSA) is 173 Å². The zero-order chi connectivity index (χ0) is 20.3. The lowest BCUT2D eigenvalue weighted by Gasteiger charge is -2.31. The van der Waals surface area contributed by atoms with Crippen LogP contribution >= 0.6 is 0 Å². The Labute approximate surface area is 150 Å². The van der Waals surface area contributed by atoms with Gasteiger partial charge in [0.2, 0.25) is 5.91 Å². The first kappa shape index (κ1) is 23.3. The van der Waals surface area contributed by atoms with E-state index < -0.39 is 17.0 Å². The second-order valence-corrected chi connectivity index (χ2v) is 6.41. The van der Waals surface area contributed by atoms with Crippen molar-refractivity contribution in [3.63, 3.8) is 0 Å². The van der Waals surface area contributed by atoms with E-state index in [1.165, 1.54) is 0 Å². The normalized spacial score (nSPS) is 15.1. The molecular weight excluding hydrogens is 350 g/mol. The van der Waals surface area contributed by atoms with Crippen LogP contribution in [0.4, 0.5) is 0 Å². The highest BCUT2D eigenvalue weighted by Gasteiger charge is 2.25. The van der Waals surface area contributed by atoms with Gasteiger partial charge < -0.3 is 25.7 Å². The molecule has 26 heavy (non-hydrogen) atoms. The fourth-order valence-electron chi connectivity index (χ4n) is 2.06. The third-order valence-electron chi connectivity index (χ3n) is 3.38. The number of carboxylic acids is 2. The number of hydrogen-bond acceptors (Lipinski definition) is 7. The number of likely N-dealkylation sites (tertiary alicyclic amines) is 1. The van der Waals surface area contributed by atoms with E-state index in [0.29, 0.717) is 50.9 Å². The predicted molar refractivity (Wildman–Crippen MR) is 89.6 cm³/mol. The van der Waals surface area contributed by atoms with Crippen LogP contribution < -0.4 is 5.73 Å². The van der Waals surface area contributed by atoms with Gasteiger partial charge in [0, 0.05) is 37.2 Å². The SMILES string of the molecule is CC(C)(N)CCC(=O)N1CCC(O[N+](=O)[O-])CC1.O=C(O)/C=C/C(=O)O. The van der Waals surface area contributed by atoms with Crippen LogP contribution in [0.25, 0.3) is 0 Å². The quantitative estimate of drug-likeness (QED) is 0.323. The van der Waals surface area contributed by atoms with Crippen molar-refractivity contribution >= 4 is 17.8 Å². The lowest BCUT2D eigenvalue weighted by Crippen LogP contribution is -2.42. The molecule has 1 rings (SSSR count). The Kier molecular flexibility index (Phi) is 9.89. The minimum atomic E-state index is -1.26. The fraction of sp³-hybridized carbons (Fsp3) is 0.667. The molecule has 0 saturated carbocycles. The van der Waals surface area contributed by atoms with Crippen LogP contribution in [0.2, 0.25) is 0 Å². The summed E-state index contributed by atoms with van der Waals surface area (Å²) in [5.74, 6) is -2.45. The number of hydrogen-bond donors (Lipinski definition) is 3. The molecule has 148 valence electrons. The zero-order valence-electron chi connectivity index (χ0n) is 14.8. The van der Waals surface area contributed by atoms with Crippen LogP contribution in [-0.2, 0) is 19.2 Å². The monoisotopic (exact) mass is 375 g/mol. The Bertz CT molecular complexity index is 517. The summed E-state index contributed by atoms with van der Waals surface area (Å²) in [4.78, 5) is 47.4. The van der Waals surface area contributed by atoms with E-state index in [-0.39, 0.29) is 17.6 Å². The van der Waals surface area contributed by atoms with E-state index in [1.807, 2.05) is 13.8 Å². The van der Waals surface area contributed by atoms with Crippen molar-refractivity contribution in [2.75, 3.05) is 13.1 Å². The molecule has 11 nitrogen and oxygen atoms in total. The summed E-state index contributed by atoms with van der Waals surface area (Å²) in [6, 6.07) is 0. The average molecular weight is 375 g/mol. The number of rotatable bonds is 7. The van der Waals surface area contributed by atoms with Crippen molar-refractivity contribution in [3.05, 3.63) is 22.3 Å². The van der Waals surface area contributed by atoms with Crippen molar-refractivity contribution < 1.29 is 34.5 Å². The molecule has 11 heteroatoms. The van der Waals surface area contributed by atoms with E-state index in [1.54, 1.807) is 4.90 Å². The lowest BCUT2D eigenvalue weighted by molar-refractivity contribution is -0.769. The van der Waals surface area contributed by atoms with E-state index in [9.17, 15) is 24.5 Å². The molecule has 4 N–H and O–H groups in total. The zero-order valence-corrected chi connectivity index (χ0v) is 14.8. The van der Waals surface area contributed by atoms with Crippen LogP contribution in [0.5, 0.6) is 0 Å². The number of amides is 1. The average Bonchev–Trinajstić information content (AvgIpc) is 2.50. The van der Waals surface area contributed by atoms with Crippen molar-refractivity contribution in [1.29, 1.82) is 0 Å². The number of nitrogens with two attached hydrogens (primary N) is 1. The first-order chi connectivity index (χ1) is 11.9. The van der Waals surface area contributed by atoms with Crippen LogP contribution in [0, 0.1) is 10.1 Å². The Morgan fingerprint density at radius 1 is 1.23 bits per heavy atom. The van der Waals surface area contributed by atoms with Gasteiger partial charge in [-0.25, -0.2) is 9.59 Å². The number of carbonyl (C=O) groups is 3. The molecule has 0 radical (unpaired) electrons. The van der Waals surface area contributed by atoms with Gasteiger partial charge in [0.1, 0.15) is 6.10 Å². The Morgan fingerprint density at radius 3 is 2.04 bits per heavy atom. The molecule has 0 aromatic carbocycles. The molecule has 1 aliphatic rings. The molecule has 0 bridgehead atoms. The number of nitrogens with zero attached hydrogens (tertiary/aromatic N) is 2. The number of piperidine rings is 1. The molecule has 0 aromatic heterocycles. The summed E-state index contributed by atoms with van der Waals surface area (Å²) in [5, 5.41) is 25.0. The fourth-order valence-corrected chi connectivity index (χ4v) is 2.06. The standard InChI is InChI=1S/C11H21N3O4.C4H4O4/c1-11(2,12)6-3-10(15)13-7-4-9(5-8-13)18-14(16)17;5-3(6)1-2-4(7)8/h9H,3-8,12H2,1-2H3;1-2H,(H,5,6)(H,7,8)/b;2-1+. The summed E-state index contributed by atoms with van der Waals surface area (Å²) >= 11 is 0. The third-order valence-corrected chi connectivity index (χ3v) is 3.38. The van der Waals surface area contributed by atoms with Gasteiger partial charge in [0.25, 0.3) is 5.09 Å². The summed E-state index contributed by atoms with van der Waals surface area (Å²) in [6.07, 6.45) is 2.82. The molecule has 0 aromatic rings. The van der Waals surface area contributed by atoms with Crippen LogP contribution in [0.3, 0.4) is 0 Å². The maximum absolute atomic E-state index is 11.9. The minimum Gasteiger partial charge on any atom is -0.478 e. The summed E-state index contributed by atoms with van der Waals surface area (Å²) < 4.78 is 0. The largest absolute Gasteiger partial charge is 0.478 e. The maximum atomic E-state index is 11.9.